The van der Waals surface area contributed by atoms with Crippen molar-refractivity contribution in [1.29, 1.82) is 0 Å². The van der Waals surface area contributed by atoms with Crippen molar-refractivity contribution in [3.05, 3.63) is 34.8 Å². The molecule has 0 aliphatic rings. The molecule has 1 N–H and O–H groups in total. The van der Waals surface area contributed by atoms with Gasteiger partial charge in [0.1, 0.15) is 0 Å². The van der Waals surface area contributed by atoms with Gasteiger partial charge in [-0.3, -0.25) is 4.79 Å². The van der Waals surface area contributed by atoms with Gasteiger partial charge in [-0.1, -0.05) is 194 Å². The van der Waals surface area contributed by atoms with Gasteiger partial charge in [0.25, 0.3) is 5.70 Å². The minimum atomic E-state index is -1.24. The van der Waals surface area contributed by atoms with E-state index in [1.54, 1.807) is 0 Å². The van der Waals surface area contributed by atoms with Gasteiger partial charge in [-0.2, -0.15) is 0 Å². The Morgan fingerprint density at radius 3 is 1.10 bits per heavy atom. The fourth-order valence-corrected chi connectivity index (χ4v) is 6.64. The van der Waals surface area contributed by atoms with Crippen LogP contribution in [-0.4, -0.2) is 30.9 Å². The van der Waals surface area contributed by atoms with Gasteiger partial charge in [0, 0.05) is 0 Å². The quantitative estimate of drug-likeness (QED) is 0.0417. The van der Waals surface area contributed by atoms with Crippen molar-refractivity contribution in [2.24, 2.45) is 0 Å². The molecule has 0 radical (unpaired) electrons. The number of carboxylic acids is 1. The highest BCUT2D eigenvalue weighted by atomic mass is 16.5. The molecule has 298 valence electrons. The first-order valence-corrected chi connectivity index (χ1v) is 22.0. The summed E-state index contributed by atoms with van der Waals surface area (Å²) in [6.45, 7) is 15.9. The van der Waals surface area contributed by atoms with Gasteiger partial charge in [0.2, 0.25) is 5.75 Å². The first-order valence-electron chi connectivity index (χ1n) is 22.0. The smallest absolute Gasteiger partial charge is 0.333 e. The van der Waals surface area contributed by atoms with Gasteiger partial charge in [0.15, 0.2) is 11.5 Å². The zero-order chi connectivity index (χ0) is 37.7. The second-order valence-corrected chi connectivity index (χ2v) is 14.9. The summed E-state index contributed by atoms with van der Waals surface area (Å²) in [5.74, 6) is 0.512. The molecule has 0 saturated carbocycles. The molecule has 0 aromatic heterocycles. The molecule has 0 bridgehead atoms. The molecule has 6 heteroatoms. The number of aliphatic carboxylic acids is 1. The Labute approximate surface area is 320 Å². The van der Waals surface area contributed by atoms with E-state index < -0.39 is 5.97 Å². The van der Waals surface area contributed by atoms with Gasteiger partial charge in [-0.05, 0) is 43.0 Å². The lowest BCUT2D eigenvalue weighted by Crippen LogP contribution is -2.07. The van der Waals surface area contributed by atoms with Crippen molar-refractivity contribution in [2.45, 2.75) is 213 Å². The molecule has 1 aromatic rings. The molecule has 0 unspecified atom stereocenters. The molecular formula is C46H79NO5. The molecule has 0 saturated heterocycles. The maximum Gasteiger partial charge on any atom is 0.333 e. The summed E-state index contributed by atoms with van der Waals surface area (Å²) in [4.78, 5) is 14.9. The zero-order valence-electron chi connectivity index (χ0n) is 34.1. The monoisotopic (exact) mass is 726 g/mol. The van der Waals surface area contributed by atoms with Crippen molar-refractivity contribution in [3.8, 4) is 17.2 Å². The molecule has 0 heterocycles. The van der Waals surface area contributed by atoms with Gasteiger partial charge in [-0.25, -0.2) is 4.85 Å². The predicted octanol–water partition coefficient (Wildman–Crippen LogP) is 14.9. The highest BCUT2D eigenvalue weighted by molar-refractivity contribution is 5.94. The zero-order valence-corrected chi connectivity index (χ0v) is 34.1. The molecule has 0 aliphatic heterocycles. The predicted molar refractivity (Wildman–Crippen MR) is 221 cm³/mol. The van der Waals surface area contributed by atoms with Crippen LogP contribution in [0.25, 0.3) is 10.9 Å². The molecule has 6 nitrogen and oxygen atoms in total. The standard InChI is InChI=1S/C46H79NO5/c1-5-8-11-14-17-20-23-26-29-32-35-50-43-39-41(38-42(47-4)46(48)49)40-44(51-36-33-30-27-24-21-18-15-12-9-6-2)45(43)52-37-34-31-28-25-22-19-16-13-10-7-3/h38-40H,5-37H2,1-3H3,(H,48,49)/b42-38-. The second kappa shape index (κ2) is 35.4. The average Bonchev–Trinajstić information content (AvgIpc) is 3.14. The summed E-state index contributed by atoms with van der Waals surface area (Å²) in [6, 6.07) is 3.62. The Morgan fingerprint density at radius 2 is 0.808 bits per heavy atom. The highest BCUT2D eigenvalue weighted by Crippen LogP contribution is 2.40. The van der Waals surface area contributed by atoms with E-state index in [1.807, 2.05) is 12.1 Å². The Balaban J connectivity index is 2.86. The summed E-state index contributed by atoms with van der Waals surface area (Å²) < 4.78 is 19.2. The lowest BCUT2D eigenvalue weighted by atomic mass is 10.1. The van der Waals surface area contributed by atoms with Crippen LogP contribution in [0.1, 0.15) is 219 Å². The lowest BCUT2D eigenvalue weighted by Gasteiger charge is -2.18. The van der Waals surface area contributed by atoms with Crippen LogP contribution in [0, 0.1) is 6.57 Å². The minimum absolute atomic E-state index is 0.333. The van der Waals surface area contributed by atoms with Crippen molar-refractivity contribution in [3.63, 3.8) is 0 Å². The molecule has 0 fully saturated rings. The number of carboxylic acid groups (broad SMARTS) is 1. The molecule has 0 atom stereocenters. The Hall–Kier alpha value is -2.68. The number of nitrogens with zero attached hydrogens (tertiary/aromatic N) is 1. The van der Waals surface area contributed by atoms with E-state index in [4.69, 9.17) is 20.8 Å². The van der Waals surface area contributed by atoms with Gasteiger partial charge < -0.3 is 19.3 Å². The van der Waals surface area contributed by atoms with E-state index in [0.717, 1.165) is 38.5 Å². The Kier molecular flexibility index (Phi) is 32.2. The minimum Gasteiger partial charge on any atom is -0.490 e. The van der Waals surface area contributed by atoms with E-state index >= 15 is 0 Å². The van der Waals surface area contributed by atoms with Gasteiger partial charge in [0.05, 0.1) is 26.4 Å². The van der Waals surface area contributed by atoms with Gasteiger partial charge in [-0.15, -0.1) is 0 Å². The van der Waals surface area contributed by atoms with Crippen LogP contribution in [-0.2, 0) is 4.79 Å². The normalized spacial score (nSPS) is 11.5. The summed E-state index contributed by atoms with van der Waals surface area (Å²) in [5, 5.41) is 9.56. The van der Waals surface area contributed by atoms with Crippen molar-refractivity contribution < 1.29 is 24.1 Å². The van der Waals surface area contributed by atoms with Crippen LogP contribution in [0.2, 0.25) is 0 Å². The number of hydrogen-bond acceptors (Lipinski definition) is 4. The Bertz CT molecular complexity index is 1010. The van der Waals surface area contributed by atoms with Crippen LogP contribution in [0.3, 0.4) is 0 Å². The first kappa shape index (κ1) is 47.3. The fourth-order valence-electron chi connectivity index (χ4n) is 6.64. The maximum absolute atomic E-state index is 11.7. The van der Waals surface area contributed by atoms with E-state index in [-0.39, 0.29) is 5.70 Å². The summed E-state index contributed by atoms with van der Waals surface area (Å²) in [7, 11) is 0. The molecule has 0 amide bonds. The number of hydrogen-bond donors (Lipinski definition) is 1. The van der Waals surface area contributed by atoms with Crippen LogP contribution in [0.15, 0.2) is 17.8 Å². The van der Waals surface area contributed by atoms with E-state index in [1.165, 1.54) is 160 Å². The third-order valence-corrected chi connectivity index (χ3v) is 9.94. The maximum atomic E-state index is 11.7. The van der Waals surface area contributed by atoms with Crippen LogP contribution < -0.4 is 14.2 Å². The Morgan fingerprint density at radius 1 is 0.519 bits per heavy atom. The highest BCUT2D eigenvalue weighted by Gasteiger charge is 2.17. The number of carbonyl (C=O) groups is 1. The lowest BCUT2D eigenvalue weighted by molar-refractivity contribution is -0.132. The number of ether oxygens (including phenoxy) is 3. The fraction of sp³-hybridized carbons (Fsp3) is 0.783. The summed E-state index contributed by atoms with van der Waals surface area (Å²) in [5.41, 5.74) is 0.246. The summed E-state index contributed by atoms with van der Waals surface area (Å²) in [6.07, 6.45) is 39.1. The van der Waals surface area contributed by atoms with E-state index in [9.17, 15) is 9.90 Å². The van der Waals surface area contributed by atoms with Crippen LogP contribution in [0.4, 0.5) is 0 Å². The summed E-state index contributed by atoms with van der Waals surface area (Å²) >= 11 is 0. The number of rotatable bonds is 38. The SMILES string of the molecule is [C-]#[N+]/C(=C\c1cc(OCCCCCCCCCCCC)c(OCCCCCCCCCCCC)c(OCCCCCCCCCCCC)c1)C(=O)O. The van der Waals surface area contributed by atoms with Crippen molar-refractivity contribution in [1.82, 2.24) is 0 Å². The van der Waals surface area contributed by atoms with Gasteiger partial charge >= 0.3 is 5.97 Å². The molecule has 0 spiro atoms. The van der Waals surface area contributed by atoms with E-state index in [0.29, 0.717) is 42.6 Å². The average molecular weight is 726 g/mol. The topological polar surface area (TPSA) is 69.3 Å². The largest absolute Gasteiger partial charge is 0.490 e. The number of benzene rings is 1. The molecular weight excluding hydrogens is 647 g/mol. The molecule has 1 rings (SSSR count). The molecule has 52 heavy (non-hydrogen) atoms. The van der Waals surface area contributed by atoms with Crippen molar-refractivity contribution >= 4 is 12.0 Å². The number of unbranched alkanes of at least 4 members (excludes halogenated alkanes) is 27. The first-order chi connectivity index (χ1) is 25.6. The van der Waals surface area contributed by atoms with Crippen molar-refractivity contribution in [2.75, 3.05) is 19.8 Å². The second-order valence-electron chi connectivity index (χ2n) is 14.9. The third-order valence-electron chi connectivity index (χ3n) is 9.94. The third kappa shape index (κ3) is 26.1. The molecule has 1 aromatic carbocycles. The van der Waals surface area contributed by atoms with Crippen LogP contribution >= 0.6 is 0 Å². The molecule has 0 aliphatic carbocycles. The van der Waals surface area contributed by atoms with E-state index in [2.05, 4.69) is 25.6 Å². The van der Waals surface area contributed by atoms with Crippen LogP contribution in [0.5, 0.6) is 17.2 Å².